The summed E-state index contributed by atoms with van der Waals surface area (Å²) in [5.74, 6) is -0.728. The van der Waals surface area contributed by atoms with Gasteiger partial charge in [-0.3, -0.25) is 0 Å². The molecule has 0 spiro atoms. The minimum Gasteiger partial charge on any atom is -0.550 e. The van der Waals surface area contributed by atoms with Gasteiger partial charge < -0.3 is 14.8 Å². The van der Waals surface area contributed by atoms with E-state index < -0.39 is 11.6 Å². The van der Waals surface area contributed by atoms with Crippen LogP contribution in [0.15, 0.2) is 24.3 Å². The van der Waals surface area contributed by atoms with Crippen LogP contribution in [0.2, 0.25) is 0 Å². The molecule has 4 nitrogen and oxygen atoms in total. The highest BCUT2D eigenvalue weighted by Crippen LogP contribution is 2.22. The van der Waals surface area contributed by atoms with Gasteiger partial charge in [0.25, 0.3) is 0 Å². The van der Waals surface area contributed by atoms with Crippen molar-refractivity contribution < 1.29 is 19.7 Å². The monoisotopic (exact) mass is 237 g/mol. The summed E-state index contributed by atoms with van der Waals surface area (Å²) in [5.41, 5.74) is 0.133. The van der Waals surface area contributed by atoms with Crippen LogP contribution in [0.25, 0.3) is 0 Å². The summed E-state index contributed by atoms with van der Waals surface area (Å²) >= 11 is 0. The first kappa shape index (κ1) is 13.5. The highest BCUT2D eigenvalue weighted by molar-refractivity contribution is 5.69. The van der Waals surface area contributed by atoms with Crippen LogP contribution in [0.1, 0.15) is 32.8 Å². The Morgan fingerprint density at radius 1 is 1.35 bits per heavy atom. The molecule has 0 saturated heterocycles. The van der Waals surface area contributed by atoms with Crippen LogP contribution in [0.5, 0.6) is 5.75 Å². The van der Waals surface area contributed by atoms with Crippen molar-refractivity contribution in [3.05, 3.63) is 29.8 Å². The summed E-state index contributed by atoms with van der Waals surface area (Å²) in [6.07, 6.45) is 0.599. The highest BCUT2D eigenvalue weighted by Gasteiger charge is 2.18. The molecule has 0 aliphatic rings. The molecule has 0 bridgehead atoms. The maximum absolute atomic E-state index is 10.6. The van der Waals surface area contributed by atoms with Gasteiger partial charge in [-0.15, -0.1) is 0 Å². The fourth-order valence-corrected chi connectivity index (χ4v) is 1.10. The standard InChI is InChI=1S/C13H18O4/c1-4-13(2,3)17-16-11-8-6-5-7-10(11)9-12(14)15/h5-8H,4,9H2,1-3H3,(H,14,15)/p-1. The molecular weight excluding hydrogens is 220 g/mol. The van der Waals surface area contributed by atoms with Crippen LogP contribution in [-0.2, 0) is 16.1 Å². The molecule has 0 heterocycles. The summed E-state index contributed by atoms with van der Waals surface area (Å²) in [6, 6.07) is 6.85. The highest BCUT2D eigenvalue weighted by atomic mass is 17.2. The number of benzene rings is 1. The van der Waals surface area contributed by atoms with Crippen molar-refractivity contribution in [2.45, 2.75) is 39.2 Å². The Bertz CT molecular complexity index is 385. The third kappa shape index (κ3) is 4.44. The van der Waals surface area contributed by atoms with E-state index in [0.29, 0.717) is 11.3 Å². The average Bonchev–Trinajstić information content (AvgIpc) is 2.27. The van der Waals surface area contributed by atoms with Crippen LogP contribution in [-0.4, -0.2) is 11.6 Å². The number of aliphatic carboxylic acids is 1. The predicted octanol–water partition coefficient (Wildman–Crippen LogP) is 1.48. The number of carbonyl (C=O) groups excluding carboxylic acids is 1. The molecule has 0 saturated carbocycles. The molecule has 0 atom stereocenters. The number of carboxylic acids is 1. The first-order valence-electron chi connectivity index (χ1n) is 5.58. The Morgan fingerprint density at radius 2 is 2.00 bits per heavy atom. The van der Waals surface area contributed by atoms with E-state index in [0.717, 1.165) is 6.42 Å². The van der Waals surface area contributed by atoms with Crippen LogP contribution in [0, 0.1) is 0 Å². The van der Waals surface area contributed by atoms with Gasteiger partial charge in [-0.2, -0.15) is 4.89 Å². The van der Waals surface area contributed by atoms with Crippen LogP contribution in [0.3, 0.4) is 0 Å². The maximum atomic E-state index is 10.6. The van der Waals surface area contributed by atoms with E-state index in [2.05, 4.69) is 0 Å². The molecule has 1 aromatic carbocycles. The summed E-state index contributed by atoms with van der Waals surface area (Å²) in [4.78, 5) is 21.0. The fourth-order valence-electron chi connectivity index (χ4n) is 1.10. The molecule has 0 radical (unpaired) electrons. The summed E-state index contributed by atoms with van der Waals surface area (Å²) in [6.45, 7) is 5.78. The summed E-state index contributed by atoms with van der Waals surface area (Å²) < 4.78 is 0. The zero-order valence-electron chi connectivity index (χ0n) is 10.4. The van der Waals surface area contributed by atoms with Gasteiger partial charge in [0, 0.05) is 18.0 Å². The third-order valence-corrected chi connectivity index (χ3v) is 2.52. The van der Waals surface area contributed by atoms with Crippen LogP contribution < -0.4 is 9.99 Å². The van der Waals surface area contributed by atoms with E-state index in [9.17, 15) is 9.90 Å². The summed E-state index contributed by atoms with van der Waals surface area (Å²) in [7, 11) is 0. The first-order valence-corrected chi connectivity index (χ1v) is 5.58. The maximum Gasteiger partial charge on any atom is 0.168 e. The van der Waals surface area contributed by atoms with E-state index in [1.54, 1.807) is 24.3 Å². The van der Waals surface area contributed by atoms with Gasteiger partial charge in [0.2, 0.25) is 0 Å². The minimum absolute atomic E-state index is 0.188. The number of para-hydroxylation sites is 1. The Morgan fingerprint density at radius 3 is 2.59 bits per heavy atom. The van der Waals surface area contributed by atoms with Crippen molar-refractivity contribution in [3.63, 3.8) is 0 Å². The summed E-state index contributed by atoms with van der Waals surface area (Å²) in [5, 5.41) is 10.6. The molecule has 0 aromatic heterocycles. The van der Waals surface area contributed by atoms with Gasteiger partial charge in [0.1, 0.15) is 5.60 Å². The fraction of sp³-hybridized carbons (Fsp3) is 0.462. The molecule has 0 unspecified atom stereocenters. The lowest BCUT2D eigenvalue weighted by Crippen LogP contribution is -2.26. The topological polar surface area (TPSA) is 58.6 Å². The average molecular weight is 237 g/mol. The second kappa shape index (κ2) is 5.68. The zero-order chi connectivity index (χ0) is 12.9. The van der Waals surface area contributed by atoms with Crippen molar-refractivity contribution >= 4 is 5.97 Å². The van der Waals surface area contributed by atoms with E-state index >= 15 is 0 Å². The second-order valence-corrected chi connectivity index (χ2v) is 4.44. The molecule has 0 aliphatic carbocycles. The Labute approximate surface area is 101 Å². The Balaban J connectivity index is 2.73. The van der Waals surface area contributed by atoms with Crippen LogP contribution >= 0.6 is 0 Å². The molecule has 0 N–H and O–H groups in total. The Kier molecular flexibility index (Phi) is 4.52. The molecule has 0 amide bonds. The molecule has 17 heavy (non-hydrogen) atoms. The zero-order valence-corrected chi connectivity index (χ0v) is 10.4. The molecular formula is C13H17O4-. The smallest absolute Gasteiger partial charge is 0.168 e. The number of hydrogen-bond acceptors (Lipinski definition) is 4. The van der Waals surface area contributed by atoms with E-state index in [-0.39, 0.29) is 6.42 Å². The van der Waals surface area contributed by atoms with Gasteiger partial charge in [-0.05, 0) is 26.3 Å². The molecule has 4 heteroatoms. The van der Waals surface area contributed by atoms with E-state index in [4.69, 9.17) is 9.78 Å². The van der Waals surface area contributed by atoms with Crippen molar-refractivity contribution in [1.82, 2.24) is 0 Å². The Hall–Kier alpha value is -1.55. The molecule has 0 aliphatic heterocycles. The van der Waals surface area contributed by atoms with Crippen molar-refractivity contribution in [1.29, 1.82) is 0 Å². The van der Waals surface area contributed by atoms with Gasteiger partial charge in [0.05, 0.1) is 0 Å². The first-order chi connectivity index (χ1) is 7.94. The molecule has 1 aromatic rings. The number of carboxylic acid groups (broad SMARTS) is 1. The molecule has 1 rings (SSSR count). The van der Waals surface area contributed by atoms with E-state index in [1.807, 2.05) is 20.8 Å². The van der Waals surface area contributed by atoms with Gasteiger partial charge in [0.15, 0.2) is 5.75 Å². The lowest BCUT2D eigenvalue weighted by atomic mass is 10.1. The van der Waals surface area contributed by atoms with Gasteiger partial charge in [-0.25, -0.2) is 0 Å². The van der Waals surface area contributed by atoms with E-state index in [1.165, 1.54) is 0 Å². The lowest BCUT2D eigenvalue weighted by Gasteiger charge is -2.22. The van der Waals surface area contributed by atoms with Crippen molar-refractivity contribution in [3.8, 4) is 5.75 Å². The van der Waals surface area contributed by atoms with Crippen molar-refractivity contribution in [2.24, 2.45) is 0 Å². The van der Waals surface area contributed by atoms with Crippen LogP contribution in [0.4, 0.5) is 0 Å². The molecule has 0 fully saturated rings. The quantitative estimate of drug-likeness (QED) is 0.555. The normalized spacial score (nSPS) is 11.2. The lowest BCUT2D eigenvalue weighted by molar-refractivity contribution is -0.305. The third-order valence-electron chi connectivity index (χ3n) is 2.52. The largest absolute Gasteiger partial charge is 0.550 e. The number of hydrogen-bond donors (Lipinski definition) is 0. The minimum atomic E-state index is -1.14. The molecule has 94 valence electrons. The van der Waals surface area contributed by atoms with Gasteiger partial charge in [-0.1, -0.05) is 25.1 Å². The van der Waals surface area contributed by atoms with Crippen molar-refractivity contribution in [2.75, 3.05) is 0 Å². The second-order valence-electron chi connectivity index (χ2n) is 4.44. The number of carbonyl (C=O) groups is 1. The van der Waals surface area contributed by atoms with Gasteiger partial charge >= 0.3 is 0 Å². The number of rotatable bonds is 6. The SMILES string of the molecule is CCC(C)(C)OOc1ccccc1CC(=O)[O-]. The predicted molar refractivity (Wildman–Crippen MR) is 61.2 cm³/mol.